The van der Waals surface area contributed by atoms with Crippen molar-refractivity contribution in [2.24, 2.45) is 5.92 Å². The zero-order valence-electron chi connectivity index (χ0n) is 12.5. The van der Waals surface area contributed by atoms with Crippen molar-refractivity contribution < 1.29 is 9.53 Å². The molecule has 0 saturated carbocycles. The maximum atomic E-state index is 12.5. The Labute approximate surface area is 125 Å². The molecular formula is C19H20O2. The molecule has 0 spiro atoms. The van der Waals surface area contributed by atoms with Crippen LogP contribution in [0.3, 0.4) is 0 Å². The summed E-state index contributed by atoms with van der Waals surface area (Å²) in [5, 5.41) is 0. The van der Waals surface area contributed by atoms with Gasteiger partial charge in [-0.2, -0.15) is 0 Å². The number of benzene rings is 2. The highest BCUT2D eigenvalue weighted by molar-refractivity contribution is 6.00. The number of hydrogen-bond acceptors (Lipinski definition) is 2. The number of ketones is 1. The van der Waals surface area contributed by atoms with Crippen LogP contribution in [0.2, 0.25) is 0 Å². The lowest BCUT2D eigenvalue weighted by atomic mass is 9.98. The summed E-state index contributed by atoms with van der Waals surface area (Å²) in [6.45, 7) is 4.39. The van der Waals surface area contributed by atoms with Crippen LogP contribution >= 0.6 is 0 Å². The maximum Gasteiger partial charge on any atom is 0.203 e. The second-order valence-electron chi connectivity index (χ2n) is 6.08. The number of ether oxygens (including phenoxy) is 1. The van der Waals surface area contributed by atoms with Gasteiger partial charge in [0.05, 0.1) is 0 Å². The van der Waals surface area contributed by atoms with Gasteiger partial charge in [-0.3, -0.25) is 4.79 Å². The summed E-state index contributed by atoms with van der Waals surface area (Å²) in [5.74, 6) is 1.54. The number of Topliss-reactive ketones (excluding diaryl/α,β-unsaturated/α-hetero) is 1. The Hall–Kier alpha value is -2.09. The monoisotopic (exact) mass is 280 g/mol. The van der Waals surface area contributed by atoms with E-state index in [4.69, 9.17) is 4.74 Å². The summed E-state index contributed by atoms with van der Waals surface area (Å²) in [6, 6.07) is 15.8. The van der Waals surface area contributed by atoms with Crippen molar-refractivity contribution in [1.82, 2.24) is 0 Å². The number of rotatable bonds is 4. The molecule has 0 amide bonds. The Bertz CT molecular complexity index is 616. The van der Waals surface area contributed by atoms with Crippen LogP contribution in [0.5, 0.6) is 5.75 Å². The van der Waals surface area contributed by atoms with Crippen molar-refractivity contribution in [3.63, 3.8) is 0 Å². The second kappa shape index (κ2) is 5.72. The van der Waals surface area contributed by atoms with E-state index in [1.165, 1.54) is 5.56 Å². The molecule has 3 rings (SSSR count). The van der Waals surface area contributed by atoms with E-state index in [2.05, 4.69) is 26.0 Å². The summed E-state index contributed by atoms with van der Waals surface area (Å²) in [4.78, 5) is 12.5. The lowest BCUT2D eigenvalue weighted by Crippen LogP contribution is -2.25. The fourth-order valence-electron chi connectivity index (χ4n) is 2.79. The van der Waals surface area contributed by atoms with Gasteiger partial charge in [0.25, 0.3) is 0 Å². The van der Waals surface area contributed by atoms with Gasteiger partial charge in [-0.1, -0.05) is 56.3 Å². The Morgan fingerprint density at radius 2 is 1.86 bits per heavy atom. The van der Waals surface area contributed by atoms with E-state index in [1.807, 2.05) is 36.4 Å². The van der Waals surface area contributed by atoms with Crippen molar-refractivity contribution in [3.05, 3.63) is 65.2 Å². The van der Waals surface area contributed by atoms with E-state index < -0.39 is 0 Å². The van der Waals surface area contributed by atoms with Gasteiger partial charge >= 0.3 is 0 Å². The number of para-hydroxylation sites is 1. The van der Waals surface area contributed by atoms with Crippen LogP contribution in [0, 0.1) is 5.92 Å². The highest BCUT2D eigenvalue weighted by Crippen LogP contribution is 2.29. The molecule has 108 valence electrons. The summed E-state index contributed by atoms with van der Waals surface area (Å²) < 4.78 is 5.77. The van der Waals surface area contributed by atoms with Crippen LogP contribution in [0.15, 0.2) is 48.5 Å². The molecule has 2 aromatic rings. The maximum absolute atomic E-state index is 12.5. The highest BCUT2D eigenvalue weighted by atomic mass is 16.5. The Balaban J connectivity index is 1.72. The minimum Gasteiger partial charge on any atom is -0.482 e. The highest BCUT2D eigenvalue weighted by Gasteiger charge is 2.29. The molecule has 0 saturated heterocycles. The Morgan fingerprint density at radius 1 is 1.14 bits per heavy atom. The third kappa shape index (κ3) is 2.99. The van der Waals surface area contributed by atoms with E-state index in [9.17, 15) is 4.79 Å². The molecule has 21 heavy (non-hydrogen) atoms. The van der Waals surface area contributed by atoms with Crippen LogP contribution in [0.1, 0.15) is 35.3 Å². The normalized spacial score (nSPS) is 16.6. The van der Waals surface area contributed by atoms with Crippen LogP contribution < -0.4 is 4.74 Å². The fraction of sp³-hybridized carbons (Fsp3) is 0.316. The Kier molecular flexibility index (Phi) is 3.78. The van der Waals surface area contributed by atoms with Gasteiger partial charge in [-0.05, 0) is 29.5 Å². The van der Waals surface area contributed by atoms with Crippen LogP contribution in [0.4, 0.5) is 0 Å². The summed E-state index contributed by atoms with van der Waals surface area (Å²) >= 11 is 0. The molecule has 1 aliphatic heterocycles. The molecule has 0 aliphatic carbocycles. The van der Waals surface area contributed by atoms with Crippen molar-refractivity contribution in [2.45, 2.75) is 32.8 Å². The Morgan fingerprint density at radius 3 is 2.52 bits per heavy atom. The molecule has 0 fully saturated rings. The zero-order chi connectivity index (χ0) is 14.8. The summed E-state index contributed by atoms with van der Waals surface area (Å²) in [7, 11) is 0. The lowest BCUT2D eigenvalue weighted by molar-refractivity contribution is 0.0825. The first-order chi connectivity index (χ1) is 10.1. The molecule has 1 heterocycles. The average Bonchev–Trinajstić information content (AvgIpc) is 2.90. The number of fused-ring (bicyclic) bond motifs is 1. The van der Waals surface area contributed by atoms with Crippen molar-refractivity contribution in [2.75, 3.05) is 0 Å². The van der Waals surface area contributed by atoms with E-state index in [0.717, 1.165) is 23.3 Å². The largest absolute Gasteiger partial charge is 0.482 e. The molecular weight excluding hydrogens is 260 g/mol. The van der Waals surface area contributed by atoms with Crippen molar-refractivity contribution in [3.8, 4) is 5.75 Å². The van der Waals surface area contributed by atoms with Gasteiger partial charge in [0.2, 0.25) is 5.78 Å². The molecule has 0 bridgehead atoms. The van der Waals surface area contributed by atoms with Gasteiger partial charge in [0.15, 0.2) is 6.10 Å². The van der Waals surface area contributed by atoms with Gasteiger partial charge in [0.1, 0.15) is 5.75 Å². The SMILES string of the molecule is CC(C)Cc1ccc(C(=O)C2Cc3ccccc3O2)cc1. The fourth-order valence-corrected chi connectivity index (χ4v) is 2.79. The third-order valence-electron chi connectivity index (χ3n) is 3.82. The smallest absolute Gasteiger partial charge is 0.203 e. The summed E-state index contributed by atoms with van der Waals surface area (Å²) in [6.07, 6.45) is 1.33. The number of carbonyl (C=O) groups is 1. The minimum absolute atomic E-state index is 0.0716. The van der Waals surface area contributed by atoms with E-state index in [1.54, 1.807) is 0 Å². The van der Waals surface area contributed by atoms with Crippen LogP contribution in [-0.4, -0.2) is 11.9 Å². The second-order valence-corrected chi connectivity index (χ2v) is 6.08. The number of carbonyl (C=O) groups excluding carboxylic acids is 1. The van der Waals surface area contributed by atoms with Gasteiger partial charge in [-0.15, -0.1) is 0 Å². The number of hydrogen-bond donors (Lipinski definition) is 0. The first kappa shape index (κ1) is 13.9. The first-order valence-corrected chi connectivity index (χ1v) is 7.51. The lowest BCUT2D eigenvalue weighted by Gasteiger charge is -2.10. The first-order valence-electron chi connectivity index (χ1n) is 7.51. The molecule has 1 aliphatic rings. The molecule has 2 aromatic carbocycles. The molecule has 0 radical (unpaired) electrons. The predicted octanol–water partition coefficient (Wildman–Crippen LogP) is 4.07. The van der Waals surface area contributed by atoms with Gasteiger partial charge in [0, 0.05) is 12.0 Å². The molecule has 1 atom stereocenters. The molecule has 0 N–H and O–H groups in total. The van der Waals surface area contributed by atoms with Crippen LogP contribution in [0.25, 0.3) is 0 Å². The van der Waals surface area contributed by atoms with E-state index in [0.29, 0.717) is 12.3 Å². The van der Waals surface area contributed by atoms with Gasteiger partial charge in [-0.25, -0.2) is 0 Å². The van der Waals surface area contributed by atoms with E-state index in [-0.39, 0.29) is 11.9 Å². The average molecular weight is 280 g/mol. The molecule has 2 heteroatoms. The molecule has 2 nitrogen and oxygen atoms in total. The quantitative estimate of drug-likeness (QED) is 0.789. The minimum atomic E-state index is -0.377. The van der Waals surface area contributed by atoms with Crippen molar-refractivity contribution >= 4 is 5.78 Å². The third-order valence-corrected chi connectivity index (χ3v) is 3.82. The zero-order valence-corrected chi connectivity index (χ0v) is 12.5. The predicted molar refractivity (Wildman–Crippen MR) is 83.9 cm³/mol. The van der Waals surface area contributed by atoms with Crippen molar-refractivity contribution in [1.29, 1.82) is 0 Å². The standard InChI is InChI=1S/C19H20O2/c1-13(2)11-14-7-9-15(10-8-14)19(20)18-12-16-5-3-4-6-17(16)21-18/h3-10,13,18H,11-12H2,1-2H3. The summed E-state index contributed by atoms with van der Waals surface area (Å²) in [5.41, 5.74) is 3.13. The van der Waals surface area contributed by atoms with E-state index >= 15 is 0 Å². The topological polar surface area (TPSA) is 26.3 Å². The van der Waals surface area contributed by atoms with Crippen LogP contribution in [-0.2, 0) is 12.8 Å². The molecule has 1 unspecified atom stereocenters. The molecule has 0 aromatic heterocycles. The van der Waals surface area contributed by atoms with Gasteiger partial charge < -0.3 is 4.74 Å².